The van der Waals surface area contributed by atoms with Crippen molar-refractivity contribution in [2.45, 2.75) is 32.3 Å². The minimum absolute atomic E-state index is 0.0373. The summed E-state index contributed by atoms with van der Waals surface area (Å²) in [5.41, 5.74) is -1.32. The zero-order chi connectivity index (χ0) is 10.5. The molecule has 1 atom stereocenters. The quantitative estimate of drug-likeness (QED) is 0.603. The molecule has 0 fully saturated rings. The van der Waals surface area contributed by atoms with E-state index in [1.54, 1.807) is 0 Å². The van der Waals surface area contributed by atoms with Gasteiger partial charge < -0.3 is 14.9 Å². The van der Waals surface area contributed by atoms with E-state index in [0.29, 0.717) is 0 Å². The van der Waals surface area contributed by atoms with Crippen LogP contribution in [0.5, 0.6) is 0 Å². The van der Waals surface area contributed by atoms with Gasteiger partial charge in [-0.1, -0.05) is 0 Å². The number of aliphatic hydroxyl groups is 1. The summed E-state index contributed by atoms with van der Waals surface area (Å²) in [6, 6.07) is 0. The van der Waals surface area contributed by atoms with Crippen LogP contribution in [-0.2, 0) is 14.3 Å². The minimum atomic E-state index is -1.32. The molecule has 76 valence electrons. The fourth-order valence-corrected chi connectivity index (χ4v) is 0.829. The standard InChI is InChI=1S/C8H14O5/c1-6(9)13-4-3-8(2,12)5-7(10)11/h12H,3-5H2,1-2H3,(H,10,11)/t8-/m0/s1. The average Bonchev–Trinajstić information content (AvgIpc) is 1.81. The maximum Gasteiger partial charge on any atom is 0.306 e. The summed E-state index contributed by atoms with van der Waals surface area (Å²) in [5, 5.41) is 17.8. The van der Waals surface area contributed by atoms with Crippen LogP contribution in [0.3, 0.4) is 0 Å². The monoisotopic (exact) mass is 190 g/mol. The van der Waals surface area contributed by atoms with E-state index < -0.39 is 17.5 Å². The highest BCUT2D eigenvalue weighted by molar-refractivity contribution is 5.68. The van der Waals surface area contributed by atoms with Crippen molar-refractivity contribution < 1.29 is 24.5 Å². The highest BCUT2D eigenvalue weighted by atomic mass is 16.5. The Morgan fingerprint density at radius 2 is 2.00 bits per heavy atom. The van der Waals surface area contributed by atoms with Gasteiger partial charge in [0.1, 0.15) is 0 Å². The van der Waals surface area contributed by atoms with E-state index in [1.165, 1.54) is 13.8 Å². The van der Waals surface area contributed by atoms with Gasteiger partial charge in [-0.2, -0.15) is 0 Å². The third-order valence-corrected chi connectivity index (χ3v) is 1.48. The Bertz CT molecular complexity index is 197. The molecule has 0 saturated carbocycles. The van der Waals surface area contributed by atoms with E-state index in [9.17, 15) is 14.7 Å². The number of hydrogen-bond donors (Lipinski definition) is 2. The molecule has 0 aromatic rings. The summed E-state index contributed by atoms with van der Waals surface area (Å²) in [5.74, 6) is -1.51. The van der Waals surface area contributed by atoms with Gasteiger partial charge in [0.05, 0.1) is 18.6 Å². The Labute approximate surface area is 76.3 Å². The van der Waals surface area contributed by atoms with Gasteiger partial charge in [-0.05, 0) is 6.92 Å². The van der Waals surface area contributed by atoms with Gasteiger partial charge in [-0.15, -0.1) is 0 Å². The smallest absolute Gasteiger partial charge is 0.306 e. The van der Waals surface area contributed by atoms with Crippen LogP contribution in [0.25, 0.3) is 0 Å². The van der Waals surface area contributed by atoms with Crippen LogP contribution in [0, 0.1) is 0 Å². The maximum absolute atomic E-state index is 10.3. The highest BCUT2D eigenvalue weighted by Gasteiger charge is 2.24. The first-order chi connectivity index (χ1) is 5.83. The molecule has 0 aliphatic carbocycles. The maximum atomic E-state index is 10.3. The van der Waals surface area contributed by atoms with Gasteiger partial charge in [0.25, 0.3) is 0 Å². The van der Waals surface area contributed by atoms with Crippen LogP contribution in [0.2, 0.25) is 0 Å². The summed E-state index contributed by atoms with van der Waals surface area (Å²) in [6.07, 6.45) is -0.229. The number of aliphatic carboxylic acids is 1. The summed E-state index contributed by atoms with van der Waals surface area (Å²) >= 11 is 0. The van der Waals surface area contributed by atoms with Crippen LogP contribution in [0.4, 0.5) is 0 Å². The van der Waals surface area contributed by atoms with Crippen molar-refractivity contribution in [2.24, 2.45) is 0 Å². The molecule has 0 amide bonds. The van der Waals surface area contributed by atoms with Gasteiger partial charge in [-0.3, -0.25) is 9.59 Å². The Hall–Kier alpha value is -1.10. The van der Waals surface area contributed by atoms with E-state index in [1.807, 2.05) is 0 Å². The highest BCUT2D eigenvalue weighted by Crippen LogP contribution is 2.13. The number of carbonyl (C=O) groups excluding carboxylic acids is 1. The number of carboxylic acids is 1. The SMILES string of the molecule is CC(=O)OCC[C@](C)(O)CC(=O)O. The number of carbonyl (C=O) groups is 2. The van der Waals surface area contributed by atoms with Crippen LogP contribution in [-0.4, -0.2) is 34.4 Å². The third kappa shape index (κ3) is 7.27. The number of ether oxygens (including phenoxy) is 1. The van der Waals surface area contributed by atoms with Crippen LogP contribution in [0.15, 0.2) is 0 Å². The molecule has 13 heavy (non-hydrogen) atoms. The first-order valence-corrected chi connectivity index (χ1v) is 3.91. The van der Waals surface area contributed by atoms with Crippen molar-refractivity contribution in [3.8, 4) is 0 Å². The number of esters is 1. The topological polar surface area (TPSA) is 83.8 Å². The van der Waals surface area contributed by atoms with E-state index in [-0.39, 0.29) is 19.4 Å². The van der Waals surface area contributed by atoms with Crippen molar-refractivity contribution >= 4 is 11.9 Å². The van der Waals surface area contributed by atoms with Gasteiger partial charge in [-0.25, -0.2) is 0 Å². The molecule has 0 spiro atoms. The van der Waals surface area contributed by atoms with Crippen LogP contribution < -0.4 is 0 Å². The molecule has 0 aromatic carbocycles. The van der Waals surface area contributed by atoms with Gasteiger partial charge in [0.2, 0.25) is 0 Å². The van der Waals surface area contributed by atoms with Crippen LogP contribution >= 0.6 is 0 Å². The predicted octanol–water partition coefficient (Wildman–Crippen LogP) is 0.165. The molecule has 0 rings (SSSR count). The first kappa shape index (κ1) is 11.9. The number of rotatable bonds is 5. The lowest BCUT2D eigenvalue weighted by Gasteiger charge is -2.20. The van der Waals surface area contributed by atoms with E-state index in [0.717, 1.165) is 0 Å². The van der Waals surface area contributed by atoms with Crippen molar-refractivity contribution in [3.63, 3.8) is 0 Å². The number of hydrogen-bond acceptors (Lipinski definition) is 4. The normalized spacial score (nSPS) is 14.7. The molecule has 0 unspecified atom stereocenters. The molecule has 0 saturated heterocycles. The first-order valence-electron chi connectivity index (χ1n) is 3.91. The second-order valence-corrected chi connectivity index (χ2v) is 3.16. The molecule has 2 N–H and O–H groups in total. The van der Waals surface area contributed by atoms with E-state index >= 15 is 0 Å². The summed E-state index contributed by atoms with van der Waals surface area (Å²) in [7, 11) is 0. The zero-order valence-corrected chi connectivity index (χ0v) is 7.74. The second-order valence-electron chi connectivity index (χ2n) is 3.16. The molecule has 5 nitrogen and oxygen atoms in total. The van der Waals surface area contributed by atoms with Gasteiger partial charge >= 0.3 is 11.9 Å². The predicted molar refractivity (Wildman–Crippen MR) is 44.1 cm³/mol. The van der Waals surface area contributed by atoms with E-state index in [2.05, 4.69) is 4.74 Å². The fraction of sp³-hybridized carbons (Fsp3) is 0.750. The molecule has 0 heterocycles. The molecule has 5 heteroatoms. The fourth-order valence-electron chi connectivity index (χ4n) is 0.829. The Morgan fingerprint density at radius 3 is 2.38 bits per heavy atom. The van der Waals surface area contributed by atoms with Crippen molar-refractivity contribution in [2.75, 3.05) is 6.61 Å². The Balaban J connectivity index is 3.75. The third-order valence-electron chi connectivity index (χ3n) is 1.48. The van der Waals surface area contributed by atoms with Crippen LogP contribution in [0.1, 0.15) is 26.7 Å². The molecular formula is C8H14O5. The lowest BCUT2D eigenvalue weighted by molar-refractivity contribution is -0.144. The molecule has 0 aliphatic heterocycles. The number of carboxylic acid groups (broad SMARTS) is 1. The summed E-state index contributed by atoms with van der Waals surface area (Å²) < 4.78 is 4.57. The molecule has 0 aromatic heterocycles. The minimum Gasteiger partial charge on any atom is -0.481 e. The van der Waals surface area contributed by atoms with Crippen molar-refractivity contribution in [1.82, 2.24) is 0 Å². The Kier molecular flexibility index (Phi) is 4.40. The molecule has 0 bridgehead atoms. The van der Waals surface area contributed by atoms with Gasteiger partial charge in [0.15, 0.2) is 0 Å². The molecule has 0 radical (unpaired) electrons. The summed E-state index contributed by atoms with van der Waals surface area (Å²) in [4.78, 5) is 20.6. The summed E-state index contributed by atoms with van der Waals surface area (Å²) in [6.45, 7) is 2.69. The van der Waals surface area contributed by atoms with Gasteiger partial charge in [0, 0.05) is 13.3 Å². The lowest BCUT2D eigenvalue weighted by atomic mass is 9.99. The lowest BCUT2D eigenvalue weighted by Crippen LogP contribution is -2.29. The van der Waals surface area contributed by atoms with E-state index in [4.69, 9.17) is 5.11 Å². The second kappa shape index (κ2) is 4.81. The van der Waals surface area contributed by atoms with Crippen molar-refractivity contribution in [1.29, 1.82) is 0 Å². The largest absolute Gasteiger partial charge is 0.481 e. The average molecular weight is 190 g/mol. The zero-order valence-electron chi connectivity index (χ0n) is 7.74. The molecular weight excluding hydrogens is 176 g/mol. The van der Waals surface area contributed by atoms with Crippen molar-refractivity contribution in [3.05, 3.63) is 0 Å². The molecule has 0 aliphatic rings. The Morgan fingerprint density at radius 1 is 1.46 bits per heavy atom.